The first-order valence-corrected chi connectivity index (χ1v) is 5.68. The maximum atomic E-state index is 11.9. The van der Waals surface area contributed by atoms with E-state index in [4.69, 9.17) is 9.15 Å². The van der Waals surface area contributed by atoms with Crippen molar-refractivity contribution in [3.05, 3.63) is 60.1 Å². The van der Waals surface area contributed by atoms with Gasteiger partial charge in [0.05, 0.1) is 18.9 Å². The monoisotopic (exact) mass is 259 g/mol. The highest BCUT2D eigenvalue weighted by Crippen LogP contribution is 2.15. The number of nitrogens with one attached hydrogen (secondary N) is 1. The third-order valence-corrected chi connectivity index (χ3v) is 2.63. The van der Waals surface area contributed by atoms with E-state index in [0.717, 1.165) is 0 Å². The molecular formula is C14H13NO4. The summed E-state index contributed by atoms with van der Waals surface area (Å²) in [6.07, 6.45) is 2.71. The Morgan fingerprint density at radius 1 is 1.21 bits per heavy atom. The number of carbonyl (C=O) groups excluding carboxylic acids is 2. The van der Waals surface area contributed by atoms with Crippen molar-refractivity contribution in [2.45, 2.75) is 6.04 Å². The quantitative estimate of drug-likeness (QED) is 0.852. The number of ether oxygens (including phenoxy) is 1. The molecule has 19 heavy (non-hydrogen) atoms. The van der Waals surface area contributed by atoms with Crippen molar-refractivity contribution in [2.24, 2.45) is 0 Å². The van der Waals surface area contributed by atoms with E-state index >= 15 is 0 Å². The van der Waals surface area contributed by atoms with Crippen LogP contribution in [0.3, 0.4) is 0 Å². The third kappa shape index (κ3) is 3.01. The number of hydrogen-bond donors (Lipinski definition) is 1. The van der Waals surface area contributed by atoms with Gasteiger partial charge in [0.1, 0.15) is 6.26 Å². The van der Waals surface area contributed by atoms with E-state index in [0.29, 0.717) is 11.1 Å². The lowest BCUT2D eigenvalue weighted by Gasteiger charge is -2.16. The largest absolute Gasteiger partial charge is 0.472 e. The van der Waals surface area contributed by atoms with Crippen molar-refractivity contribution >= 4 is 11.9 Å². The van der Waals surface area contributed by atoms with Crippen LogP contribution >= 0.6 is 0 Å². The van der Waals surface area contributed by atoms with Gasteiger partial charge in [0.2, 0.25) is 0 Å². The molecule has 0 bridgehead atoms. The first-order valence-electron chi connectivity index (χ1n) is 5.68. The molecule has 2 rings (SSSR count). The minimum Gasteiger partial charge on any atom is -0.472 e. The maximum absolute atomic E-state index is 11.9. The molecule has 0 radical (unpaired) electrons. The lowest BCUT2D eigenvalue weighted by atomic mass is 10.1. The number of amides is 1. The van der Waals surface area contributed by atoms with Gasteiger partial charge in [0, 0.05) is 0 Å². The second kappa shape index (κ2) is 5.86. The standard InChI is InChI=1S/C14H13NO4/c1-18-14(17)12(10-5-3-2-4-6-10)15-13(16)11-7-8-19-9-11/h2-9,12H,1H3,(H,15,16)/t12-/m1/s1. The summed E-state index contributed by atoms with van der Waals surface area (Å²) in [6.45, 7) is 0. The Balaban J connectivity index is 2.20. The fraction of sp³-hybridized carbons (Fsp3) is 0.143. The summed E-state index contributed by atoms with van der Waals surface area (Å²) in [4.78, 5) is 23.7. The number of hydrogen-bond acceptors (Lipinski definition) is 4. The van der Waals surface area contributed by atoms with E-state index in [-0.39, 0.29) is 0 Å². The van der Waals surface area contributed by atoms with Crippen molar-refractivity contribution in [1.29, 1.82) is 0 Å². The zero-order valence-corrected chi connectivity index (χ0v) is 10.3. The molecule has 5 nitrogen and oxygen atoms in total. The van der Waals surface area contributed by atoms with Crippen molar-refractivity contribution in [2.75, 3.05) is 7.11 Å². The first-order chi connectivity index (χ1) is 9.22. The fourth-order valence-corrected chi connectivity index (χ4v) is 1.65. The van der Waals surface area contributed by atoms with Crippen molar-refractivity contribution in [1.82, 2.24) is 5.32 Å². The number of methoxy groups -OCH3 is 1. The number of esters is 1. The minimum atomic E-state index is -0.839. The summed E-state index contributed by atoms with van der Waals surface area (Å²) in [7, 11) is 1.28. The van der Waals surface area contributed by atoms with Gasteiger partial charge in [-0.15, -0.1) is 0 Å². The second-order valence-electron chi connectivity index (χ2n) is 3.85. The first kappa shape index (κ1) is 12.9. The van der Waals surface area contributed by atoms with Crippen LogP contribution in [-0.4, -0.2) is 19.0 Å². The molecule has 98 valence electrons. The molecule has 0 saturated carbocycles. The Kier molecular flexibility index (Phi) is 3.97. The van der Waals surface area contributed by atoms with E-state index < -0.39 is 17.9 Å². The summed E-state index contributed by atoms with van der Waals surface area (Å²) in [5.74, 6) is -0.920. The molecule has 1 aromatic heterocycles. The van der Waals surface area contributed by atoms with E-state index in [2.05, 4.69) is 5.32 Å². The SMILES string of the molecule is COC(=O)[C@H](NC(=O)c1ccoc1)c1ccccc1. The number of furan rings is 1. The van der Waals surface area contributed by atoms with Gasteiger partial charge < -0.3 is 14.5 Å². The molecule has 0 aliphatic heterocycles. The molecule has 0 unspecified atom stereocenters. The summed E-state index contributed by atoms with van der Waals surface area (Å²) in [5.41, 5.74) is 1.01. The van der Waals surface area contributed by atoms with Gasteiger partial charge in [-0.25, -0.2) is 4.79 Å². The van der Waals surface area contributed by atoms with Gasteiger partial charge >= 0.3 is 5.97 Å². The van der Waals surface area contributed by atoms with E-state index in [1.54, 1.807) is 24.3 Å². The molecule has 1 N–H and O–H groups in total. The van der Waals surface area contributed by atoms with Gasteiger partial charge in [-0.05, 0) is 11.6 Å². The van der Waals surface area contributed by atoms with Crippen LogP contribution < -0.4 is 5.32 Å². The molecule has 0 fully saturated rings. The normalized spacial score (nSPS) is 11.6. The van der Waals surface area contributed by atoms with Gasteiger partial charge in [-0.3, -0.25) is 4.79 Å². The molecular weight excluding hydrogens is 246 g/mol. The summed E-state index contributed by atoms with van der Waals surface area (Å²) in [6, 6.07) is 9.58. The average molecular weight is 259 g/mol. The smallest absolute Gasteiger partial charge is 0.333 e. The molecule has 0 aliphatic carbocycles. The Morgan fingerprint density at radius 2 is 1.95 bits per heavy atom. The third-order valence-electron chi connectivity index (χ3n) is 2.63. The number of carbonyl (C=O) groups is 2. The molecule has 1 atom stereocenters. The predicted octanol–water partition coefficient (Wildman–Crippen LogP) is 1.92. The molecule has 0 spiro atoms. The lowest BCUT2D eigenvalue weighted by Crippen LogP contribution is -2.34. The fourth-order valence-electron chi connectivity index (χ4n) is 1.65. The Labute approximate surface area is 110 Å². The molecule has 0 saturated heterocycles. The van der Waals surface area contributed by atoms with Gasteiger partial charge in [0.15, 0.2) is 6.04 Å². The van der Waals surface area contributed by atoms with Crippen molar-refractivity contribution < 1.29 is 18.7 Å². The summed E-state index contributed by atoms with van der Waals surface area (Å²) in [5, 5.41) is 2.61. The van der Waals surface area contributed by atoms with Gasteiger partial charge in [-0.2, -0.15) is 0 Å². The molecule has 1 amide bonds. The van der Waals surface area contributed by atoms with Crippen LogP contribution in [0.5, 0.6) is 0 Å². The number of benzene rings is 1. The zero-order chi connectivity index (χ0) is 13.7. The summed E-state index contributed by atoms with van der Waals surface area (Å²) < 4.78 is 9.54. The topological polar surface area (TPSA) is 68.5 Å². The molecule has 5 heteroatoms. The number of rotatable bonds is 4. The van der Waals surface area contributed by atoms with Crippen LogP contribution in [0.4, 0.5) is 0 Å². The van der Waals surface area contributed by atoms with Gasteiger partial charge in [0.25, 0.3) is 5.91 Å². The van der Waals surface area contributed by atoms with Gasteiger partial charge in [-0.1, -0.05) is 30.3 Å². The van der Waals surface area contributed by atoms with Crippen LogP contribution in [0.2, 0.25) is 0 Å². The molecule has 1 aromatic carbocycles. The van der Waals surface area contributed by atoms with E-state index in [1.165, 1.54) is 25.7 Å². The van der Waals surface area contributed by atoms with Crippen molar-refractivity contribution in [3.8, 4) is 0 Å². The highest BCUT2D eigenvalue weighted by molar-refractivity contribution is 5.96. The van der Waals surface area contributed by atoms with Crippen LogP contribution in [0, 0.1) is 0 Å². The Bertz CT molecular complexity index is 548. The minimum absolute atomic E-state index is 0.352. The highest BCUT2D eigenvalue weighted by atomic mass is 16.5. The van der Waals surface area contributed by atoms with Crippen LogP contribution in [-0.2, 0) is 9.53 Å². The second-order valence-corrected chi connectivity index (χ2v) is 3.85. The highest BCUT2D eigenvalue weighted by Gasteiger charge is 2.24. The molecule has 1 heterocycles. The van der Waals surface area contributed by atoms with Crippen LogP contribution in [0.1, 0.15) is 22.0 Å². The van der Waals surface area contributed by atoms with Crippen LogP contribution in [0.25, 0.3) is 0 Å². The van der Waals surface area contributed by atoms with Crippen LogP contribution in [0.15, 0.2) is 53.3 Å². The van der Waals surface area contributed by atoms with Crippen molar-refractivity contribution in [3.63, 3.8) is 0 Å². The maximum Gasteiger partial charge on any atom is 0.333 e. The van der Waals surface area contributed by atoms with E-state index in [9.17, 15) is 9.59 Å². The average Bonchev–Trinajstić information content (AvgIpc) is 2.99. The molecule has 0 aliphatic rings. The molecule has 2 aromatic rings. The summed E-state index contributed by atoms with van der Waals surface area (Å²) >= 11 is 0. The Morgan fingerprint density at radius 3 is 2.53 bits per heavy atom. The van der Waals surface area contributed by atoms with E-state index in [1.807, 2.05) is 6.07 Å². The Hall–Kier alpha value is -2.56. The predicted molar refractivity (Wildman–Crippen MR) is 67.4 cm³/mol. The lowest BCUT2D eigenvalue weighted by molar-refractivity contribution is -0.143. The zero-order valence-electron chi connectivity index (χ0n) is 10.3.